The number of nitrogens with one attached hydrogen (secondary N) is 1. The van der Waals surface area contributed by atoms with E-state index in [0.717, 1.165) is 31.2 Å². The average Bonchev–Trinajstić information content (AvgIpc) is 2.38. The summed E-state index contributed by atoms with van der Waals surface area (Å²) in [6, 6.07) is 9.83. The van der Waals surface area contributed by atoms with Crippen LogP contribution in [0.3, 0.4) is 0 Å². The Balaban J connectivity index is 1.84. The molecular formula is C14H19NO2. The van der Waals surface area contributed by atoms with Gasteiger partial charge >= 0.3 is 0 Å². The molecule has 1 saturated carbocycles. The molecule has 0 aliphatic heterocycles. The van der Waals surface area contributed by atoms with Crippen LogP contribution in [0.5, 0.6) is 0 Å². The minimum Gasteiger partial charge on any atom is -0.392 e. The molecule has 2 rings (SSSR count). The number of aliphatic hydroxyl groups is 1. The van der Waals surface area contributed by atoms with Crippen LogP contribution < -0.4 is 5.32 Å². The maximum absolute atomic E-state index is 11.9. The zero-order valence-electron chi connectivity index (χ0n) is 9.93. The third-order valence-electron chi connectivity index (χ3n) is 3.38. The van der Waals surface area contributed by atoms with E-state index in [1.54, 1.807) is 0 Å². The summed E-state index contributed by atoms with van der Waals surface area (Å²) in [7, 11) is 0. The Morgan fingerprint density at radius 3 is 2.65 bits per heavy atom. The Bertz CT molecular complexity index is 364. The Morgan fingerprint density at radius 1 is 1.24 bits per heavy atom. The lowest BCUT2D eigenvalue weighted by atomic mass is 9.86. The molecule has 3 nitrogen and oxygen atoms in total. The van der Waals surface area contributed by atoms with Crippen molar-refractivity contribution in [2.24, 2.45) is 5.92 Å². The molecule has 0 spiro atoms. The highest BCUT2D eigenvalue weighted by Crippen LogP contribution is 2.24. The van der Waals surface area contributed by atoms with E-state index in [4.69, 9.17) is 0 Å². The minimum atomic E-state index is -0.459. The highest BCUT2D eigenvalue weighted by atomic mass is 16.3. The maximum Gasteiger partial charge on any atom is 0.225 e. The third-order valence-corrected chi connectivity index (χ3v) is 3.38. The van der Waals surface area contributed by atoms with Crippen molar-refractivity contribution in [3.8, 4) is 0 Å². The summed E-state index contributed by atoms with van der Waals surface area (Å²) in [6.45, 7) is 0.545. The first kappa shape index (κ1) is 12.1. The fourth-order valence-corrected chi connectivity index (χ4v) is 2.33. The van der Waals surface area contributed by atoms with E-state index >= 15 is 0 Å². The predicted octanol–water partition coefficient (Wildman–Crippen LogP) is 1.85. The summed E-state index contributed by atoms with van der Waals surface area (Å²) in [5.74, 6) is -0.228. The van der Waals surface area contributed by atoms with Crippen LogP contribution in [-0.2, 0) is 11.3 Å². The van der Waals surface area contributed by atoms with Gasteiger partial charge in [-0.05, 0) is 18.4 Å². The summed E-state index contributed by atoms with van der Waals surface area (Å²) in [6.07, 6.45) is 3.18. The molecule has 92 valence electrons. The van der Waals surface area contributed by atoms with E-state index < -0.39 is 6.10 Å². The summed E-state index contributed by atoms with van der Waals surface area (Å²) in [4.78, 5) is 11.9. The van der Waals surface area contributed by atoms with E-state index in [0.29, 0.717) is 6.54 Å². The van der Waals surface area contributed by atoms with Gasteiger partial charge in [-0.1, -0.05) is 43.2 Å². The summed E-state index contributed by atoms with van der Waals surface area (Å²) in [5.41, 5.74) is 1.09. The number of aliphatic hydroxyl groups excluding tert-OH is 1. The van der Waals surface area contributed by atoms with Gasteiger partial charge in [0, 0.05) is 6.54 Å². The number of carbonyl (C=O) groups excluding carboxylic acids is 1. The molecule has 0 bridgehead atoms. The lowest BCUT2D eigenvalue weighted by Crippen LogP contribution is -2.39. The van der Waals surface area contributed by atoms with Crippen molar-refractivity contribution < 1.29 is 9.90 Å². The van der Waals surface area contributed by atoms with Gasteiger partial charge in [0.25, 0.3) is 0 Å². The number of hydrogen-bond donors (Lipinski definition) is 2. The number of carbonyl (C=O) groups is 1. The van der Waals surface area contributed by atoms with Gasteiger partial charge in [-0.25, -0.2) is 0 Å². The first-order chi connectivity index (χ1) is 8.27. The van der Waals surface area contributed by atoms with Gasteiger partial charge in [0.2, 0.25) is 5.91 Å². The van der Waals surface area contributed by atoms with Crippen molar-refractivity contribution in [1.29, 1.82) is 0 Å². The van der Waals surface area contributed by atoms with Gasteiger partial charge < -0.3 is 10.4 Å². The number of hydrogen-bond acceptors (Lipinski definition) is 2. The fraction of sp³-hybridized carbons (Fsp3) is 0.500. The van der Waals surface area contributed by atoms with Crippen molar-refractivity contribution in [2.45, 2.75) is 38.3 Å². The van der Waals surface area contributed by atoms with Crippen LogP contribution in [0.15, 0.2) is 30.3 Å². The number of rotatable bonds is 3. The zero-order valence-corrected chi connectivity index (χ0v) is 9.93. The van der Waals surface area contributed by atoms with Gasteiger partial charge in [0.05, 0.1) is 12.0 Å². The molecule has 3 heteroatoms. The molecule has 1 aliphatic rings. The van der Waals surface area contributed by atoms with E-state index in [2.05, 4.69) is 5.32 Å². The molecule has 0 saturated heterocycles. The van der Waals surface area contributed by atoms with Gasteiger partial charge in [0.15, 0.2) is 0 Å². The monoisotopic (exact) mass is 233 g/mol. The largest absolute Gasteiger partial charge is 0.392 e. The summed E-state index contributed by atoms with van der Waals surface area (Å²) < 4.78 is 0. The summed E-state index contributed by atoms with van der Waals surface area (Å²) >= 11 is 0. The van der Waals surface area contributed by atoms with Gasteiger partial charge in [-0.3, -0.25) is 4.79 Å². The Kier molecular flexibility index (Phi) is 4.15. The highest BCUT2D eigenvalue weighted by Gasteiger charge is 2.28. The molecular weight excluding hydrogens is 214 g/mol. The molecule has 0 unspecified atom stereocenters. The quantitative estimate of drug-likeness (QED) is 0.837. The fourth-order valence-electron chi connectivity index (χ4n) is 2.33. The van der Waals surface area contributed by atoms with Crippen molar-refractivity contribution in [3.63, 3.8) is 0 Å². The minimum absolute atomic E-state index is 0.0129. The standard InChI is InChI=1S/C14H19NO2/c16-13-9-5-4-8-12(13)14(17)15-10-11-6-2-1-3-7-11/h1-3,6-7,12-13,16H,4-5,8-10H2,(H,15,17)/t12-,13+/m1/s1. The predicted molar refractivity (Wildman–Crippen MR) is 66.3 cm³/mol. The second-order valence-corrected chi connectivity index (χ2v) is 4.66. The Hall–Kier alpha value is -1.35. The van der Waals surface area contributed by atoms with E-state index in [9.17, 15) is 9.90 Å². The molecule has 0 radical (unpaired) electrons. The number of benzene rings is 1. The van der Waals surface area contributed by atoms with Crippen LogP contribution in [0, 0.1) is 5.92 Å². The molecule has 1 aromatic rings. The van der Waals surface area contributed by atoms with Crippen LogP contribution >= 0.6 is 0 Å². The zero-order chi connectivity index (χ0) is 12.1. The van der Waals surface area contributed by atoms with Crippen LogP contribution in [-0.4, -0.2) is 17.1 Å². The van der Waals surface area contributed by atoms with Gasteiger partial charge in [-0.15, -0.1) is 0 Å². The van der Waals surface area contributed by atoms with Crippen molar-refractivity contribution in [1.82, 2.24) is 5.32 Å². The topological polar surface area (TPSA) is 49.3 Å². The second-order valence-electron chi connectivity index (χ2n) is 4.66. The lowest BCUT2D eigenvalue weighted by molar-refractivity contribution is -0.130. The molecule has 1 amide bonds. The smallest absolute Gasteiger partial charge is 0.225 e. The maximum atomic E-state index is 11.9. The van der Waals surface area contributed by atoms with Crippen molar-refractivity contribution in [3.05, 3.63) is 35.9 Å². The first-order valence-electron chi connectivity index (χ1n) is 6.27. The molecule has 1 fully saturated rings. The van der Waals surface area contributed by atoms with E-state index in [-0.39, 0.29) is 11.8 Å². The lowest BCUT2D eigenvalue weighted by Gasteiger charge is -2.26. The van der Waals surface area contributed by atoms with Gasteiger partial charge in [-0.2, -0.15) is 0 Å². The Morgan fingerprint density at radius 2 is 1.94 bits per heavy atom. The molecule has 0 heterocycles. The van der Waals surface area contributed by atoms with Crippen molar-refractivity contribution in [2.75, 3.05) is 0 Å². The highest BCUT2D eigenvalue weighted by molar-refractivity contribution is 5.79. The molecule has 2 N–H and O–H groups in total. The second kappa shape index (κ2) is 5.82. The normalized spacial score (nSPS) is 24.3. The Labute approximate surface area is 102 Å². The van der Waals surface area contributed by atoms with Crippen LogP contribution in [0.2, 0.25) is 0 Å². The molecule has 1 aliphatic carbocycles. The first-order valence-corrected chi connectivity index (χ1v) is 6.27. The number of amides is 1. The summed E-state index contributed by atoms with van der Waals surface area (Å²) in [5, 5.41) is 12.7. The van der Waals surface area contributed by atoms with Crippen molar-refractivity contribution >= 4 is 5.91 Å². The SMILES string of the molecule is O=C(NCc1ccccc1)[C@@H]1CCCC[C@@H]1O. The molecule has 17 heavy (non-hydrogen) atoms. The molecule has 2 atom stereocenters. The van der Waals surface area contributed by atoms with Crippen LogP contribution in [0.25, 0.3) is 0 Å². The van der Waals surface area contributed by atoms with E-state index in [1.165, 1.54) is 0 Å². The molecule has 1 aromatic carbocycles. The average molecular weight is 233 g/mol. The van der Waals surface area contributed by atoms with Crippen LogP contribution in [0.1, 0.15) is 31.2 Å². The van der Waals surface area contributed by atoms with E-state index in [1.807, 2.05) is 30.3 Å². The molecule has 0 aromatic heterocycles. The van der Waals surface area contributed by atoms with Crippen LogP contribution in [0.4, 0.5) is 0 Å². The van der Waals surface area contributed by atoms with Gasteiger partial charge in [0.1, 0.15) is 0 Å². The third kappa shape index (κ3) is 3.30.